The maximum Gasteiger partial charge on any atom is 0.322 e. The highest BCUT2D eigenvalue weighted by Gasteiger charge is 2.21. The summed E-state index contributed by atoms with van der Waals surface area (Å²) < 4.78 is 12.9. The first-order valence-electron chi connectivity index (χ1n) is 7.32. The first-order chi connectivity index (χ1) is 10.6. The fraction of sp³-hybridized carbons (Fsp3) is 0.294. The van der Waals surface area contributed by atoms with Crippen LogP contribution >= 0.6 is 0 Å². The lowest BCUT2D eigenvalue weighted by Crippen LogP contribution is -2.35. The van der Waals surface area contributed by atoms with Crippen LogP contribution in [0.15, 0.2) is 48.7 Å². The lowest BCUT2D eigenvalue weighted by Gasteiger charge is -2.27. The zero-order chi connectivity index (χ0) is 15.9. The fourth-order valence-electron chi connectivity index (χ4n) is 2.27. The van der Waals surface area contributed by atoms with Gasteiger partial charge in [-0.15, -0.1) is 0 Å². The van der Waals surface area contributed by atoms with Crippen molar-refractivity contribution in [2.24, 2.45) is 0 Å². The molecule has 0 fully saturated rings. The molecule has 0 aliphatic heterocycles. The molecule has 0 saturated carbocycles. The number of carbonyl (C=O) groups is 1. The SMILES string of the molecule is CCCC(c1ccccn1)N(C)C(=O)Nc1ccc(F)cc1. The lowest BCUT2D eigenvalue weighted by molar-refractivity contribution is 0.199. The molecular formula is C17H20FN3O. The monoisotopic (exact) mass is 301 g/mol. The molecule has 5 heteroatoms. The largest absolute Gasteiger partial charge is 0.322 e. The zero-order valence-corrected chi connectivity index (χ0v) is 12.8. The second-order valence-corrected chi connectivity index (χ2v) is 5.11. The Bertz CT molecular complexity index is 601. The van der Waals surface area contributed by atoms with Crippen LogP contribution in [0.3, 0.4) is 0 Å². The average Bonchev–Trinajstić information content (AvgIpc) is 2.55. The van der Waals surface area contributed by atoms with E-state index in [1.165, 1.54) is 24.3 Å². The normalized spacial score (nSPS) is 11.8. The minimum atomic E-state index is -0.330. The van der Waals surface area contributed by atoms with E-state index >= 15 is 0 Å². The topological polar surface area (TPSA) is 45.2 Å². The predicted octanol–water partition coefficient (Wildman–Crippen LogP) is 4.23. The number of halogens is 1. The van der Waals surface area contributed by atoms with Crippen LogP contribution in [-0.2, 0) is 0 Å². The summed E-state index contributed by atoms with van der Waals surface area (Å²) in [5.41, 5.74) is 1.43. The van der Waals surface area contributed by atoms with Crippen molar-refractivity contribution in [3.8, 4) is 0 Å². The van der Waals surface area contributed by atoms with Crippen LogP contribution in [0.1, 0.15) is 31.5 Å². The summed E-state index contributed by atoms with van der Waals surface area (Å²) >= 11 is 0. The van der Waals surface area contributed by atoms with Crippen molar-refractivity contribution in [3.63, 3.8) is 0 Å². The minimum Gasteiger partial charge on any atom is -0.319 e. The zero-order valence-electron chi connectivity index (χ0n) is 12.8. The van der Waals surface area contributed by atoms with Crippen LogP contribution in [0.4, 0.5) is 14.9 Å². The summed E-state index contributed by atoms with van der Waals surface area (Å²) in [6, 6.07) is 11.1. The molecule has 1 N–H and O–H groups in total. The third kappa shape index (κ3) is 4.04. The van der Waals surface area contributed by atoms with Gasteiger partial charge in [0.25, 0.3) is 0 Å². The van der Waals surface area contributed by atoms with Crippen LogP contribution in [0.5, 0.6) is 0 Å². The predicted molar refractivity (Wildman–Crippen MR) is 85.1 cm³/mol. The third-order valence-electron chi connectivity index (χ3n) is 3.47. The van der Waals surface area contributed by atoms with Gasteiger partial charge in [0.2, 0.25) is 0 Å². The van der Waals surface area contributed by atoms with E-state index in [1.807, 2.05) is 18.2 Å². The first kappa shape index (κ1) is 15.9. The van der Waals surface area contributed by atoms with Gasteiger partial charge in [-0.1, -0.05) is 19.4 Å². The lowest BCUT2D eigenvalue weighted by atomic mass is 10.1. The minimum absolute atomic E-state index is 0.0911. The van der Waals surface area contributed by atoms with E-state index < -0.39 is 0 Å². The van der Waals surface area contributed by atoms with E-state index in [4.69, 9.17) is 0 Å². The molecule has 1 atom stereocenters. The van der Waals surface area contributed by atoms with Gasteiger partial charge < -0.3 is 10.2 Å². The number of anilines is 1. The molecule has 2 rings (SSSR count). The number of hydrogen-bond acceptors (Lipinski definition) is 2. The quantitative estimate of drug-likeness (QED) is 0.898. The molecule has 116 valence electrons. The van der Waals surface area contributed by atoms with Crippen molar-refractivity contribution in [1.29, 1.82) is 0 Å². The molecule has 1 aromatic carbocycles. The number of pyridine rings is 1. The summed E-state index contributed by atoms with van der Waals surface area (Å²) in [7, 11) is 1.74. The Balaban J connectivity index is 2.10. The van der Waals surface area contributed by atoms with Crippen molar-refractivity contribution in [2.45, 2.75) is 25.8 Å². The van der Waals surface area contributed by atoms with Crippen LogP contribution in [0.2, 0.25) is 0 Å². The highest BCUT2D eigenvalue weighted by Crippen LogP contribution is 2.23. The van der Waals surface area contributed by atoms with Crippen molar-refractivity contribution < 1.29 is 9.18 Å². The van der Waals surface area contributed by atoms with E-state index in [2.05, 4.69) is 17.2 Å². The van der Waals surface area contributed by atoms with Crippen molar-refractivity contribution in [2.75, 3.05) is 12.4 Å². The Kier molecular flexibility index (Phi) is 5.47. The molecule has 2 amide bonds. The van der Waals surface area contributed by atoms with Gasteiger partial charge in [-0.05, 0) is 42.8 Å². The molecule has 0 aliphatic rings. The summed E-state index contributed by atoms with van der Waals surface area (Å²) in [6.07, 6.45) is 3.49. The first-order valence-corrected chi connectivity index (χ1v) is 7.32. The number of rotatable bonds is 5. The van der Waals surface area contributed by atoms with Gasteiger partial charge in [-0.25, -0.2) is 9.18 Å². The Morgan fingerprint density at radius 1 is 1.27 bits per heavy atom. The molecule has 2 aromatic rings. The molecule has 1 unspecified atom stereocenters. The smallest absolute Gasteiger partial charge is 0.319 e. The molecule has 0 spiro atoms. The number of amides is 2. The average molecular weight is 301 g/mol. The van der Waals surface area contributed by atoms with Crippen molar-refractivity contribution in [1.82, 2.24) is 9.88 Å². The highest BCUT2D eigenvalue weighted by atomic mass is 19.1. The van der Waals surface area contributed by atoms with E-state index in [1.54, 1.807) is 18.1 Å². The van der Waals surface area contributed by atoms with Gasteiger partial charge in [0.15, 0.2) is 0 Å². The molecule has 22 heavy (non-hydrogen) atoms. The fourth-order valence-corrected chi connectivity index (χ4v) is 2.27. The number of carbonyl (C=O) groups excluding carboxylic acids is 1. The van der Waals surface area contributed by atoms with E-state index in [9.17, 15) is 9.18 Å². The number of hydrogen-bond donors (Lipinski definition) is 1. The van der Waals surface area contributed by atoms with Crippen LogP contribution in [0.25, 0.3) is 0 Å². The molecular weight excluding hydrogens is 281 g/mol. The molecule has 4 nitrogen and oxygen atoms in total. The van der Waals surface area contributed by atoms with Gasteiger partial charge in [0.1, 0.15) is 5.82 Å². The number of nitrogens with zero attached hydrogens (tertiary/aromatic N) is 2. The summed E-state index contributed by atoms with van der Waals surface area (Å²) in [5, 5.41) is 2.77. The van der Waals surface area contributed by atoms with Crippen LogP contribution in [-0.4, -0.2) is 23.0 Å². The second kappa shape index (κ2) is 7.54. The number of nitrogens with one attached hydrogen (secondary N) is 1. The van der Waals surface area contributed by atoms with Gasteiger partial charge in [-0.2, -0.15) is 0 Å². The third-order valence-corrected chi connectivity index (χ3v) is 3.47. The van der Waals surface area contributed by atoms with E-state index in [0.717, 1.165) is 18.5 Å². The number of aromatic nitrogens is 1. The van der Waals surface area contributed by atoms with Gasteiger partial charge >= 0.3 is 6.03 Å². The molecule has 0 bridgehead atoms. The Morgan fingerprint density at radius 2 is 2.00 bits per heavy atom. The molecule has 1 heterocycles. The maximum atomic E-state index is 12.9. The number of benzene rings is 1. The van der Waals surface area contributed by atoms with E-state index in [-0.39, 0.29) is 17.9 Å². The molecule has 0 saturated heterocycles. The van der Waals surface area contributed by atoms with Crippen molar-refractivity contribution >= 4 is 11.7 Å². The van der Waals surface area contributed by atoms with Gasteiger partial charge in [-0.3, -0.25) is 4.98 Å². The molecule has 1 aromatic heterocycles. The molecule has 0 radical (unpaired) electrons. The van der Waals surface area contributed by atoms with Crippen molar-refractivity contribution in [3.05, 3.63) is 60.2 Å². The Hall–Kier alpha value is -2.43. The highest BCUT2D eigenvalue weighted by molar-refractivity contribution is 5.89. The van der Waals surface area contributed by atoms with Crippen LogP contribution in [0, 0.1) is 5.82 Å². The Morgan fingerprint density at radius 3 is 2.59 bits per heavy atom. The van der Waals surface area contributed by atoms with Gasteiger partial charge in [0.05, 0.1) is 11.7 Å². The second-order valence-electron chi connectivity index (χ2n) is 5.11. The summed E-state index contributed by atoms with van der Waals surface area (Å²) in [5.74, 6) is -0.330. The summed E-state index contributed by atoms with van der Waals surface area (Å²) in [4.78, 5) is 18.4. The van der Waals surface area contributed by atoms with E-state index in [0.29, 0.717) is 5.69 Å². The Labute approximate surface area is 130 Å². The standard InChI is InChI=1S/C17H20FN3O/c1-3-6-16(15-7-4-5-12-19-15)21(2)17(22)20-14-10-8-13(18)9-11-14/h4-5,7-12,16H,3,6H2,1-2H3,(H,20,22). The van der Waals surface area contributed by atoms with Crippen LogP contribution < -0.4 is 5.32 Å². The maximum absolute atomic E-state index is 12.9. The number of urea groups is 1. The van der Waals surface area contributed by atoms with Gasteiger partial charge in [0, 0.05) is 18.9 Å². The summed E-state index contributed by atoms with van der Waals surface area (Å²) in [6.45, 7) is 2.07. The molecule has 0 aliphatic carbocycles.